The molecule has 0 aliphatic carbocycles. The molecule has 0 N–H and O–H groups in total. The molecule has 0 spiro atoms. The second-order valence-corrected chi connectivity index (χ2v) is 12.2. The van der Waals surface area contributed by atoms with Crippen LogP contribution in [0.4, 0.5) is 5.69 Å². The highest BCUT2D eigenvalue weighted by Gasteiger charge is 2.44. The van der Waals surface area contributed by atoms with E-state index < -0.39 is 13.9 Å². The highest BCUT2D eigenvalue weighted by atomic mass is 28.3. The van der Waals surface area contributed by atoms with Crippen molar-refractivity contribution < 1.29 is 9.21 Å². The average molecular weight is 317 g/mol. The molecule has 1 heterocycles. The molecule has 1 amide bonds. The summed E-state index contributed by atoms with van der Waals surface area (Å²) in [4.78, 5) is 24.7. The van der Waals surface area contributed by atoms with Gasteiger partial charge in [0.2, 0.25) is 5.91 Å². The Hall–Kier alpha value is -1.88. The molecule has 0 saturated carbocycles. The number of rotatable bonds is 2. The Morgan fingerprint density at radius 3 is 2.32 bits per heavy atom. The van der Waals surface area contributed by atoms with Crippen molar-refractivity contribution in [3.63, 3.8) is 0 Å². The molecule has 0 saturated heterocycles. The first kappa shape index (κ1) is 16.5. The van der Waals surface area contributed by atoms with E-state index in [-0.39, 0.29) is 10.9 Å². The molecule has 0 bridgehead atoms. The van der Waals surface area contributed by atoms with Gasteiger partial charge in [0.15, 0.2) is 8.24 Å². The molecule has 2 aromatic rings. The van der Waals surface area contributed by atoms with Gasteiger partial charge in [0, 0.05) is 12.3 Å². The van der Waals surface area contributed by atoms with E-state index in [0.29, 0.717) is 11.3 Å². The van der Waals surface area contributed by atoms with Gasteiger partial charge < -0.3 is 8.98 Å². The molecule has 1 aromatic carbocycles. The Morgan fingerprint density at radius 1 is 1.18 bits per heavy atom. The summed E-state index contributed by atoms with van der Waals surface area (Å²) in [6.07, 6.45) is 0. The van der Waals surface area contributed by atoms with Crippen LogP contribution in [0.5, 0.6) is 0 Å². The summed E-state index contributed by atoms with van der Waals surface area (Å²) in [6.45, 7) is 12.0. The number of benzene rings is 1. The standard InChI is InChI=1S/C17H23NO3Si/c1-12(19)18(22(5,6)17(2,3)4)14-11-13-9-7-8-10-15(13)21-16(14)20/h7-11H,1-6H3. The molecule has 1 aromatic heterocycles. The fraction of sp³-hybridized carbons (Fsp3) is 0.412. The molecule has 2 rings (SSSR count). The van der Waals surface area contributed by atoms with Gasteiger partial charge in [-0.05, 0) is 17.2 Å². The molecule has 0 aliphatic heterocycles. The maximum atomic E-state index is 12.4. The summed E-state index contributed by atoms with van der Waals surface area (Å²) in [5.74, 6) is -0.117. The minimum Gasteiger partial charge on any atom is -0.421 e. The van der Waals surface area contributed by atoms with Crippen molar-refractivity contribution in [2.24, 2.45) is 0 Å². The number of amides is 1. The first-order valence-electron chi connectivity index (χ1n) is 7.39. The van der Waals surface area contributed by atoms with Gasteiger partial charge in [-0.25, -0.2) is 4.79 Å². The number of hydrogen-bond donors (Lipinski definition) is 0. The number of carbonyl (C=O) groups excluding carboxylic acids is 1. The van der Waals surface area contributed by atoms with Crippen molar-refractivity contribution in [2.45, 2.75) is 45.8 Å². The highest BCUT2D eigenvalue weighted by Crippen LogP contribution is 2.40. The van der Waals surface area contributed by atoms with E-state index in [2.05, 4.69) is 33.9 Å². The minimum absolute atomic E-state index is 0.0727. The molecule has 0 unspecified atom stereocenters. The van der Waals surface area contributed by atoms with E-state index in [0.717, 1.165) is 5.39 Å². The van der Waals surface area contributed by atoms with Crippen LogP contribution in [0.3, 0.4) is 0 Å². The lowest BCUT2D eigenvalue weighted by Gasteiger charge is -2.44. The lowest BCUT2D eigenvalue weighted by atomic mass is 10.2. The van der Waals surface area contributed by atoms with Crippen molar-refractivity contribution in [3.8, 4) is 0 Å². The number of carbonyl (C=O) groups is 1. The third-order valence-corrected chi connectivity index (χ3v) is 9.92. The van der Waals surface area contributed by atoms with Crippen molar-refractivity contribution in [2.75, 3.05) is 4.57 Å². The van der Waals surface area contributed by atoms with Crippen LogP contribution in [0, 0.1) is 0 Å². The van der Waals surface area contributed by atoms with Crippen LogP contribution in [0.2, 0.25) is 18.1 Å². The predicted molar refractivity (Wildman–Crippen MR) is 92.8 cm³/mol. The van der Waals surface area contributed by atoms with Crippen LogP contribution in [0.25, 0.3) is 11.0 Å². The molecule has 0 atom stereocenters. The molecule has 0 fully saturated rings. The lowest BCUT2D eigenvalue weighted by molar-refractivity contribution is -0.115. The first-order chi connectivity index (χ1) is 10.1. The monoisotopic (exact) mass is 317 g/mol. The van der Waals surface area contributed by atoms with Crippen LogP contribution in [-0.2, 0) is 4.79 Å². The number of anilines is 1. The Kier molecular flexibility index (Phi) is 4.04. The van der Waals surface area contributed by atoms with Crippen LogP contribution in [0.15, 0.2) is 39.5 Å². The zero-order valence-corrected chi connectivity index (χ0v) is 15.1. The fourth-order valence-electron chi connectivity index (χ4n) is 2.41. The second-order valence-electron chi connectivity index (χ2n) is 7.12. The normalized spacial score (nSPS) is 12.5. The first-order valence-corrected chi connectivity index (χ1v) is 10.3. The maximum absolute atomic E-state index is 12.4. The van der Waals surface area contributed by atoms with E-state index in [1.54, 1.807) is 16.7 Å². The average Bonchev–Trinajstić information content (AvgIpc) is 2.37. The molecule has 0 radical (unpaired) electrons. The van der Waals surface area contributed by atoms with Gasteiger partial charge in [0.05, 0.1) is 0 Å². The minimum atomic E-state index is -2.23. The quantitative estimate of drug-likeness (QED) is 0.617. The van der Waals surface area contributed by atoms with Gasteiger partial charge in [-0.3, -0.25) is 4.79 Å². The third-order valence-electron chi connectivity index (χ3n) is 4.57. The van der Waals surface area contributed by atoms with Crippen LogP contribution < -0.4 is 10.2 Å². The van der Waals surface area contributed by atoms with Gasteiger partial charge in [0.1, 0.15) is 11.3 Å². The molecular formula is C17H23NO3Si. The molecule has 5 heteroatoms. The zero-order chi connectivity index (χ0) is 16.7. The van der Waals surface area contributed by atoms with Crippen molar-refractivity contribution in [3.05, 3.63) is 40.8 Å². The lowest BCUT2D eigenvalue weighted by Crippen LogP contribution is -2.58. The molecule has 4 nitrogen and oxygen atoms in total. The fourth-order valence-corrected chi connectivity index (χ4v) is 4.62. The van der Waals surface area contributed by atoms with Crippen LogP contribution >= 0.6 is 0 Å². The third kappa shape index (κ3) is 2.73. The summed E-state index contributed by atoms with van der Waals surface area (Å²) in [5.41, 5.74) is 0.423. The predicted octanol–water partition coefficient (Wildman–Crippen LogP) is 4.15. The Morgan fingerprint density at radius 2 is 1.77 bits per heavy atom. The summed E-state index contributed by atoms with van der Waals surface area (Å²) < 4.78 is 7.09. The molecular weight excluding hydrogens is 294 g/mol. The van der Waals surface area contributed by atoms with Gasteiger partial charge >= 0.3 is 5.63 Å². The van der Waals surface area contributed by atoms with E-state index >= 15 is 0 Å². The maximum Gasteiger partial charge on any atom is 0.359 e. The largest absolute Gasteiger partial charge is 0.421 e. The number of fused-ring (bicyclic) bond motifs is 1. The van der Waals surface area contributed by atoms with E-state index in [4.69, 9.17) is 4.42 Å². The summed E-state index contributed by atoms with van der Waals surface area (Å²) in [7, 11) is -2.23. The molecule has 22 heavy (non-hydrogen) atoms. The SMILES string of the molecule is CC(=O)N(c1cc2ccccc2oc1=O)[Si](C)(C)C(C)(C)C. The molecule has 0 aliphatic rings. The Labute approximate surface area is 131 Å². The van der Waals surface area contributed by atoms with Crippen molar-refractivity contribution in [1.82, 2.24) is 0 Å². The van der Waals surface area contributed by atoms with Gasteiger partial charge in [-0.15, -0.1) is 0 Å². The van der Waals surface area contributed by atoms with E-state index in [1.165, 1.54) is 6.92 Å². The number of nitrogens with zero attached hydrogens (tertiary/aromatic N) is 1. The molecule has 118 valence electrons. The van der Waals surface area contributed by atoms with Gasteiger partial charge in [0.25, 0.3) is 0 Å². The number of hydrogen-bond acceptors (Lipinski definition) is 3. The van der Waals surface area contributed by atoms with E-state index in [1.807, 2.05) is 18.2 Å². The summed E-state index contributed by atoms with van der Waals surface area (Å²) >= 11 is 0. The van der Waals surface area contributed by atoms with Crippen LogP contribution in [-0.4, -0.2) is 14.1 Å². The number of para-hydroxylation sites is 1. The Bertz CT molecular complexity index is 771. The van der Waals surface area contributed by atoms with Crippen LogP contribution in [0.1, 0.15) is 27.7 Å². The summed E-state index contributed by atoms with van der Waals surface area (Å²) in [6, 6.07) is 9.11. The van der Waals surface area contributed by atoms with Crippen molar-refractivity contribution in [1.29, 1.82) is 0 Å². The highest BCUT2D eigenvalue weighted by molar-refractivity contribution is 6.86. The van der Waals surface area contributed by atoms with Crippen molar-refractivity contribution >= 4 is 30.8 Å². The summed E-state index contributed by atoms with van der Waals surface area (Å²) in [5, 5.41) is 0.749. The van der Waals surface area contributed by atoms with E-state index in [9.17, 15) is 9.59 Å². The smallest absolute Gasteiger partial charge is 0.359 e. The zero-order valence-electron chi connectivity index (χ0n) is 14.1. The second kappa shape index (κ2) is 5.39. The van der Waals surface area contributed by atoms with Gasteiger partial charge in [-0.1, -0.05) is 52.1 Å². The topological polar surface area (TPSA) is 50.5 Å². The Balaban J connectivity index is 2.72. The van der Waals surface area contributed by atoms with Gasteiger partial charge in [-0.2, -0.15) is 0 Å².